The van der Waals surface area contributed by atoms with E-state index < -0.39 is 0 Å². The molecule has 0 aliphatic carbocycles. The van der Waals surface area contributed by atoms with Crippen molar-refractivity contribution in [2.45, 2.75) is 13.5 Å². The molecule has 0 unspecified atom stereocenters. The van der Waals surface area contributed by atoms with Crippen molar-refractivity contribution < 1.29 is 9.53 Å². The predicted molar refractivity (Wildman–Crippen MR) is 93.6 cm³/mol. The Labute approximate surface area is 145 Å². The minimum atomic E-state index is -0.00985. The topological polar surface area (TPSA) is 71.8 Å². The van der Waals surface area contributed by atoms with Crippen LogP contribution in [0, 0.1) is 6.92 Å². The summed E-state index contributed by atoms with van der Waals surface area (Å²) >= 11 is 0. The van der Waals surface area contributed by atoms with E-state index in [-0.39, 0.29) is 12.5 Å². The maximum Gasteiger partial charge on any atom is 0.260 e. The van der Waals surface area contributed by atoms with Crippen molar-refractivity contribution in [2.75, 3.05) is 25.0 Å². The molecule has 2 aromatic heterocycles. The van der Waals surface area contributed by atoms with Crippen LogP contribution in [-0.2, 0) is 11.3 Å². The summed E-state index contributed by atoms with van der Waals surface area (Å²) in [6.07, 6.45) is 3.53. The van der Waals surface area contributed by atoms with E-state index in [0.29, 0.717) is 19.6 Å². The van der Waals surface area contributed by atoms with Crippen LogP contribution in [-0.4, -0.2) is 45.1 Å². The number of fused-ring (bicyclic) bond motifs is 2. The number of rotatable bonds is 4. The molecule has 0 fully saturated rings. The molecule has 0 radical (unpaired) electrons. The lowest BCUT2D eigenvalue weighted by atomic mass is 10.2. The largest absolute Gasteiger partial charge is 0.483 e. The van der Waals surface area contributed by atoms with E-state index in [0.717, 1.165) is 28.3 Å². The first-order valence-corrected chi connectivity index (χ1v) is 8.24. The Morgan fingerprint density at radius 1 is 1.32 bits per heavy atom. The van der Waals surface area contributed by atoms with E-state index in [4.69, 9.17) is 4.74 Å². The first-order chi connectivity index (χ1) is 12.2. The highest BCUT2D eigenvalue weighted by Gasteiger charge is 2.20. The van der Waals surface area contributed by atoms with Crippen LogP contribution in [0.4, 0.5) is 5.82 Å². The fraction of sp³-hybridized carbons (Fsp3) is 0.278. The highest BCUT2D eigenvalue weighted by Crippen LogP contribution is 2.22. The molecule has 0 bridgehead atoms. The lowest BCUT2D eigenvalue weighted by Crippen LogP contribution is -2.36. The molecule has 0 atom stereocenters. The number of amides is 1. The number of ether oxygens (including phenoxy) is 1. The lowest BCUT2D eigenvalue weighted by molar-refractivity contribution is -0.133. The van der Waals surface area contributed by atoms with Gasteiger partial charge < -0.3 is 15.0 Å². The van der Waals surface area contributed by atoms with Gasteiger partial charge in [-0.05, 0) is 19.1 Å². The summed E-state index contributed by atoms with van der Waals surface area (Å²) < 4.78 is 7.38. The van der Waals surface area contributed by atoms with Crippen LogP contribution in [0.2, 0.25) is 0 Å². The van der Waals surface area contributed by atoms with Crippen LogP contribution in [0.15, 0.2) is 42.7 Å². The smallest absolute Gasteiger partial charge is 0.260 e. The normalized spacial score (nSPS) is 14.1. The first-order valence-electron chi connectivity index (χ1n) is 8.24. The van der Waals surface area contributed by atoms with Crippen LogP contribution in [0.5, 0.6) is 5.75 Å². The zero-order valence-electron chi connectivity index (χ0n) is 14.0. The van der Waals surface area contributed by atoms with Crippen molar-refractivity contribution in [2.24, 2.45) is 0 Å². The van der Waals surface area contributed by atoms with E-state index in [9.17, 15) is 4.79 Å². The minimum Gasteiger partial charge on any atom is -0.483 e. The van der Waals surface area contributed by atoms with Crippen molar-refractivity contribution >= 4 is 17.2 Å². The third-order valence-corrected chi connectivity index (χ3v) is 4.22. The second kappa shape index (κ2) is 6.43. The Morgan fingerprint density at radius 2 is 2.20 bits per heavy atom. The molecule has 3 aromatic rings. The van der Waals surface area contributed by atoms with E-state index in [1.54, 1.807) is 15.6 Å². The van der Waals surface area contributed by atoms with Crippen molar-refractivity contribution in [3.05, 3.63) is 54.0 Å². The number of anilines is 1. The summed E-state index contributed by atoms with van der Waals surface area (Å²) in [5.41, 5.74) is 2.89. The molecule has 4 rings (SSSR count). The van der Waals surface area contributed by atoms with E-state index in [1.165, 1.54) is 0 Å². The van der Waals surface area contributed by atoms with Gasteiger partial charge in [0.2, 0.25) is 0 Å². The fourth-order valence-electron chi connectivity index (χ4n) is 2.99. The highest BCUT2D eigenvalue weighted by molar-refractivity contribution is 5.78. The molecular formula is C18H19N5O2. The van der Waals surface area contributed by atoms with Gasteiger partial charge in [0.25, 0.3) is 5.91 Å². The van der Waals surface area contributed by atoms with Gasteiger partial charge in [0.1, 0.15) is 11.3 Å². The molecule has 25 heavy (non-hydrogen) atoms. The summed E-state index contributed by atoms with van der Waals surface area (Å²) in [6, 6.07) is 9.75. The highest BCUT2D eigenvalue weighted by atomic mass is 16.5. The Morgan fingerprint density at radius 3 is 3.12 bits per heavy atom. The molecule has 7 nitrogen and oxygen atoms in total. The van der Waals surface area contributed by atoms with Crippen molar-refractivity contribution in [1.82, 2.24) is 19.5 Å². The summed E-state index contributed by atoms with van der Waals surface area (Å²) in [4.78, 5) is 18.5. The molecule has 128 valence electrons. The number of carbonyl (C=O) groups excluding carboxylic acids is 1. The zero-order chi connectivity index (χ0) is 17.2. The van der Waals surface area contributed by atoms with Gasteiger partial charge in [-0.3, -0.25) is 4.79 Å². The number of nitrogens with zero attached hydrogens (tertiary/aromatic N) is 4. The third-order valence-electron chi connectivity index (χ3n) is 4.22. The zero-order valence-corrected chi connectivity index (χ0v) is 14.0. The summed E-state index contributed by atoms with van der Waals surface area (Å²) in [5.74, 6) is 1.54. The molecule has 1 N–H and O–H groups in total. The van der Waals surface area contributed by atoms with Crippen LogP contribution < -0.4 is 10.1 Å². The Bertz CT molecular complexity index is 921. The summed E-state index contributed by atoms with van der Waals surface area (Å²) in [7, 11) is 0. The molecular weight excluding hydrogens is 318 g/mol. The van der Waals surface area contributed by atoms with Crippen molar-refractivity contribution in [1.29, 1.82) is 0 Å². The van der Waals surface area contributed by atoms with Gasteiger partial charge in [0.05, 0.1) is 5.69 Å². The second-order valence-electron chi connectivity index (χ2n) is 6.03. The standard InChI is InChI=1S/C18H19N5O2/c1-13-10-15-18(20-7-9-23(15)21-13)19-6-8-22-11-14-4-2-3-5-16(14)25-12-17(22)24/h2-5,7,9-10H,6,8,11-12H2,1H3,(H,19,20). The number of nitrogens with one attached hydrogen (secondary N) is 1. The number of para-hydroxylation sites is 1. The molecule has 0 spiro atoms. The van der Waals surface area contributed by atoms with Gasteiger partial charge in [-0.2, -0.15) is 5.10 Å². The quantitative estimate of drug-likeness (QED) is 0.787. The van der Waals surface area contributed by atoms with Gasteiger partial charge in [-0.25, -0.2) is 9.50 Å². The van der Waals surface area contributed by atoms with Crippen LogP contribution in [0.3, 0.4) is 0 Å². The van der Waals surface area contributed by atoms with Crippen molar-refractivity contribution in [3.8, 4) is 5.75 Å². The Hall–Kier alpha value is -3.09. The SMILES string of the molecule is Cc1cc2c(NCCN3Cc4ccccc4OCC3=O)nccn2n1. The predicted octanol–water partition coefficient (Wildman–Crippen LogP) is 1.87. The van der Waals surface area contributed by atoms with Gasteiger partial charge in [0.15, 0.2) is 12.4 Å². The molecule has 1 aromatic carbocycles. The lowest BCUT2D eigenvalue weighted by Gasteiger charge is -2.20. The molecule has 3 heterocycles. The molecule has 1 amide bonds. The van der Waals surface area contributed by atoms with Gasteiger partial charge in [-0.15, -0.1) is 0 Å². The average Bonchev–Trinajstić information content (AvgIpc) is 2.92. The van der Waals surface area contributed by atoms with Crippen molar-refractivity contribution in [3.63, 3.8) is 0 Å². The van der Waals surface area contributed by atoms with Crippen LogP contribution in [0.25, 0.3) is 5.52 Å². The van der Waals surface area contributed by atoms with E-state index >= 15 is 0 Å². The number of benzene rings is 1. The van der Waals surface area contributed by atoms with Gasteiger partial charge >= 0.3 is 0 Å². The second-order valence-corrected chi connectivity index (χ2v) is 6.03. The Kier molecular flexibility index (Phi) is 3.97. The Balaban J connectivity index is 1.44. The number of aryl methyl sites for hydroxylation is 1. The molecule has 7 heteroatoms. The monoisotopic (exact) mass is 337 g/mol. The average molecular weight is 337 g/mol. The maximum absolute atomic E-state index is 12.3. The minimum absolute atomic E-state index is 0.00985. The van der Waals surface area contributed by atoms with Crippen LogP contribution in [0.1, 0.15) is 11.3 Å². The van der Waals surface area contributed by atoms with Crippen LogP contribution >= 0.6 is 0 Å². The molecule has 1 aliphatic heterocycles. The summed E-state index contributed by atoms with van der Waals surface area (Å²) in [5, 5.41) is 7.68. The van der Waals surface area contributed by atoms with Gasteiger partial charge in [0, 0.05) is 37.6 Å². The van der Waals surface area contributed by atoms with Gasteiger partial charge in [-0.1, -0.05) is 18.2 Å². The third kappa shape index (κ3) is 3.13. The van der Waals surface area contributed by atoms with E-state index in [1.807, 2.05) is 43.5 Å². The fourth-order valence-corrected chi connectivity index (χ4v) is 2.99. The molecule has 0 saturated heterocycles. The maximum atomic E-state index is 12.3. The molecule has 0 saturated carbocycles. The number of carbonyl (C=O) groups is 1. The first kappa shape index (κ1) is 15.4. The molecule has 1 aliphatic rings. The number of hydrogen-bond donors (Lipinski definition) is 1. The number of hydrogen-bond acceptors (Lipinski definition) is 5. The van der Waals surface area contributed by atoms with E-state index in [2.05, 4.69) is 15.4 Å². The number of aromatic nitrogens is 3. The summed E-state index contributed by atoms with van der Waals surface area (Å²) in [6.45, 7) is 3.76.